The van der Waals surface area contributed by atoms with E-state index in [9.17, 15) is 9.59 Å². The fourth-order valence-electron chi connectivity index (χ4n) is 4.82. The van der Waals surface area contributed by atoms with E-state index in [2.05, 4.69) is 0 Å². The Labute approximate surface area is 199 Å². The van der Waals surface area contributed by atoms with Crippen molar-refractivity contribution in [2.45, 2.75) is 39.0 Å². The number of benzene rings is 2. The maximum absolute atomic E-state index is 13.9. The molecule has 6 rings (SSSR count). The van der Waals surface area contributed by atoms with Gasteiger partial charge in [0, 0.05) is 18.4 Å². The standard InChI is InChI=1S/C26H24N4O3S/c1-17-24-21(14-23(31)28(17)16-19-10-7-13-33-19)29(15-18-8-3-2-4-9-18)30(25(24)32)26-27-20-11-5-6-12-22(20)34-26/h2-6,8-9,11-12,14,19H,7,10,13,15-16H2,1H3/t19-/m1/s1. The first-order valence-corrected chi connectivity index (χ1v) is 12.3. The Morgan fingerprint density at radius 2 is 1.88 bits per heavy atom. The summed E-state index contributed by atoms with van der Waals surface area (Å²) >= 11 is 1.47. The van der Waals surface area contributed by atoms with Crippen molar-refractivity contribution in [1.82, 2.24) is 18.9 Å². The lowest BCUT2D eigenvalue weighted by molar-refractivity contribution is 0.0958. The molecular weight excluding hydrogens is 448 g/mol. The number of aromatic nitrogens is 4. The molecule has 1 fully saturated rings. The number of ether oxygens (including phenoxy) is 1. The smallest absolute Gasteiger partial charge is 0.283 e. The number of hydrogen-bond donors (Lipinski definition) is 0. The van der Waals surface area contributed by atoms with Gasteiger partial charge in [-0.05, 0) is 37.5 Å². The van der Waals surface area contributed by atoms with Crippen LogP contribution in [0, 0.1) is 6.92 Å². The second kappa shape index (κ2) is 8.38. The van der Waals surface area contributed by atoms with Crippen LogP contribution in [0.3, 0.4) is 0 Å². The van der Waals surface area contributed by atoms with E-state index in [0.29, 0.717) is 34.8 Å². The van der Waals surface area contributed by atoms with Crippen LogP contribution in [0.15, 0.2) is 70.3 Å². The number of thiazole rings is 1. The van der Waals surface area contributed by atoms with Gasteiger partial charge in [-0.25, -0.2) is 4.98 Å². The van der Waals surface area contributed by atoms with Gasteiger partial charge in [-0.15, -0.1) is 0 Å². The second-order valence-electron chi connectivity index (χ2n) is 8.70. The largest absolute Gasteiger partial charge is 0.376 e. The molecule has 5 aromatic rings. The topological polar surface area (TPSA) is 71.0 Å². The number of rotatable bonds is 5. The zero-order valence-corrected chi connectivity index (χ0v) is 19.6. The zero-order chi connectivity index (χ0) is 23.2. The Morgan fingerprint density at radius 1 is 1.09 bits per heavy atom. The molecular formula is C26H24N4O3S. The van der Waals surface area contributed by atoms with Crippen molar-refractivity contribution in [3.63, 3.8) is 0 Å². The minimum Gasteiger partial charge on any atom is -0.376 e. The van der Waals surface area contributed by atoms with Gasteiger partial charge in [0.15, 0.2) is 0 Å². The number of pyridine rings is 1. The van der Waals surface area contributed by atoms with Crippen molar-refractivity contribution < 1.29 is 4.74 Å². The highest BCUT2D eigenvalue weighted by molar-refractivity contribution is 7.20. The van der Waals surface area contributed by atoms with Gasteiger partial charge in [0.25, 0.3) is 11.1 Å². The van der Waals surface area contributed by atoms with Gasteiger partial charge in [-0.3, -0.25) is 14.3 Å². The molecule has 2 aromatic carbocycles. The van der Waals surface area contributed by atoms with Gasteiger partial charge in [-0.1, -0.05) is 53.8 Å². The van der Waals surface area contributed by atoms with Crippen molar-refractivity contribution in [3.05, 3.63) is 92.6 Å². The number of nitrogens with zero attached hydrogens (tertiary/aromatic N) is 4. The van der Waals surface area contributed by atoms with Crippen molar-refractivity contribution in [2.24, 2.45) is 0 Å². The molecule has 0 amide bonds. The van der Waals surface area contributed by atoms with Gasteiger partial charge < -0.3 is 9.30 Å². The van der Waals surface area contributed by atoms with Crippen LogP contribution in [0.2, 0.25) is 0 Å². The van der Waals surface area contributed by atoms with Crippen molar-refractivity contribution in [1.29, 1.82) is 0 Å². The maximum atomic E-state index is 13.9. The maximum Gasteiger partial charge on any atom is 0.283 e. The Morgan fingerprint density at radius 3 is 2.65 bits per heavy atom. The minimum absolute atomic E-state index is 0.00624. The molecule has 4 heterocycles. The third kappa shape index (κ3) is 3.50. The zero-order valence-electron chi connectivity index (χ0n) is 18.8. The highest BCUT2D eigenvalue weighted by Crippen LogP contribution is 2.26. The lowest BCUT2D eigenvalue weighted by atomic mass is 10.2. The van der Waals surface area contributed by atoms with Gasteiger partial charge >= 0.3 is 0 Å². The van der Waals surface area contributed by atoms with Crippen LogP contribution in [0.4, 0.5) is 0 Å². The van der Waals surface area contributed by atoms with E-state index in [1.807, 2.05) is 66.2 Å². The summed E-state index contributed by atoms with van der Waals surface area (Å²) in [5.74, 6) is 0. The van der Waals surface area contributed by atoms with Crippen LogP contribution in [0.5, 0.6) is 0 Å². The molecule has 0 radical (unpaired) electrons. The lowest BCUT2D eigenvalue weighted by Gasteiger charge is -2.15. The van der Waals surface area contributed by atoms with Crippen LogP contribution in [-0.4, -0.2) is 31.6 Å². The predicted molar refractivity (Wildman–Crippen MR) is 134 cm³/mol. The minimum atomic E-state index is -0.163. The molecule has 7 nitrogen and oxygen atoms in total. The Balaban J connectivity index is 1.60. The molecule has 0 N–H and O–H groups in total. The number of hydrogen-bond acceptors (Lipinski definition) is 5. The molecule has 1 aliphatic heterocycles. The summed E-state index contributed by atoms with van der Waals surface area (Å²) in [6, 6.07) is 19.4. The van der Waals surface area contributed by atoms with Crippen molar-refractivity contribution in [3.8, 4) is 5.13 Å². The first-order chi connectivity index (χ1) is 16.6. The monoisotopic (exact) mass is 472 g/mol. The number of para-hydroxylation sites is 1. The summed E-state index contributed by atoms with van der Waals surface area (Å²) in [6.45, 7) is 3.49. The quantitative estimate of drug-likeness (QED) is 0.386. The summed E-state index contributed by atoms with van der Waals surface area (Å²) in [5, 5.41) is 1.14. The molecule has 8 heteroatoms. The van der Waals surface area contributed by atoms with Crippen LogP contribution in [0.1, 0.15) is 24.1 Å². The van der Waals surface area contributed by atoms with E-state index in [0.717, 1.165) is 35.2 Å². The second-order valence-corrected chi connectivity index (χ2v) is 9.71. The van der Waals surface area contributed by atoms with Gasteiger partial charge in [0.2, 0.25) is 5.13 Å². The van der Waals surface area contributed by atoms with Gasteiger partial charge in [0.05, 0.1) is 40.3 Å². The van der Waals surface area contributed by atoms with E-state index in [-0.39, 0.29) is 17.2 Å². The number of fused-ring (bicyclic) bond motifs is 2. The average molecular weight is 473 g/mol. The Bertz CT molecular complexity index is 1590. The molecule has 0 bridgehead atoms. The third-order valence-electron chi connectivity index (χ3n) is 6.52. The summed E-state index contributed by atoms with van der Waals surface area (Å²) < 4.78 is 12.0. The summed E-state index contributed by atoms with van der Waals surface area (Å²) in [6.07, 6.45) is 1.93. The first kappa shape index (κ1) is 21.1. The van der Waals surface area contributed by atoms with Crippen molar-refractivity contribution in [2.75, 3.05) is 6.61 Å². The van der Waals surface area contributed by atoms with Crippen molar-refractivity contribution >= 4 is 32.5 Å². The molecule has 34 heavy (non-hydrogen) atoms. The highest BCUT2D eigenvalue weighted by atomic mass is 32.1. The van der Waals surface area contributed by atoms with E-state index in [1.54, 1.807) is 15.3 Å². The summed E-state index contributed by atoms with van der Waals surface area (Å²) in [4.78, 5) is 31.9. The third-order valence-corrected chi connectivity index (χ3v) is 7.54. The van der Waals surface area contributed by atoms with Crippen LogP contribution in [0.25, 0.3) is 26.3 Å². The summed E-state index contributed by atoms with van der Waals surface area (Å²) in [5.41, 5.74) is 2.90. The Kier molecular flexibility index (Phi) is 5.19. The number of aryl methyl sites for hydroxylation is 1. The molecule has 1 atom stereocenters. The molecule has 0 unspecified atom stereocenters. The van der Waals surface area contributed by atoms with E-state index in [4.69, 9.17) is 9.72 Å². The lowest BCUT2D eigenvalue weighted by Crippen LogP contribution is -2.28. The SMILES string of the molecule is Cc1c2c(=O)n(-c3nc4ccccc4s3)n(Cc3ccccc3)c2cc(=O)n1C[C@H]1CCCO1. The molecule has 3 aromatic heterocycles. The van der Waals surface area contributed by atoms with E-state index < -0.39 is 0 Å². The summed E-state index contributed by atoms with van der Waals surface area (Å²) in [7, 11) is 0. The molecule has 0 aliphatic carbocycles. The first-order valence-electron chi connectivity index (χ1n) is 11.5. The predicted octanol–water partition coefficient (Wildman–Crippen LogP) is 4.10. The van der Waals surface area contributed by atoms with E-state index >= 15 is 0 Å². The fraction of sp³-hybridized carbons (Fsp3) is 0.269. The highest BCUT2D eigenvalue weighted by Gasteiger charge is 2.24. The fourth-order valence-corrected chi connectivity index (χ4v) is 5.79. The van der Waals surface area contributed by atoms with Crippen LogP contribution < -0.4 is 11.1 Å². The normalized spacial score (nSPS) is 16.1. The van der Waals surface area contributed by atoms with Crippen LogP contribution in [-0.2, 0) is 17.8 Å². The molecule has 1 saturated heterocycles. The molecule has 1 aliphatic rings. The molecule has 172 valence electrons. The van der Waals surface area contributed by atoms with E-state index in [1.165, 1.54) is 11.3 Å². The van der Waals surface area contributed by atoms with Gasteiger partial charge in [-0.2, -0.15) is 4.68 Å². The molecule has 0 saturated carbocycles. The average Bonchev–Trinajstić information content (AvgIpc) is 3.56. The molecule has 0 spiro atoms. The van der Waals surface area contributed by atoms with Crippen LogP contribution >= 0.6 is 11.3 Å². The Hall–Kier alpha value is -3.49. The van der Waals surface area contributed by atoms with Gasteiger partial charge in [0.1, 0.15) is 0 Å².